The number of hydrogen-bond donors (Lipinski definition) is 1. The van der Waals surface area contributed by atoms with Gasteiger partial charge in [-0.25, -0.2) is 4.98 Å². The summed E-state index contributed by atoms with van der Waals surface area (Å²) in [7, 11) is 0. The van der Waals surface area contributed by atoms with Crippen molar-refractivity contribution >= 4 is 37.7 Å². The molecule has 1 N–H and O–H groups in total. The SMILES string of the molecule is C=C(C)COCCNc1ncc(Br)cc1Br. The first-order valence-electron chi connectivity index (χ1n) is 4.86. The van der Waals surface area contributed by atoms with E-state index in [9.17, 15) is 0 Å². The van der Waals surface area contributed by atoms with Crippen LogP contribution in [0.3, 0.4) is 0 Å². The van der Waals surface area contributed by atoms with Crippen LogP contribution in [0.5, 0.6) is 0 Å². The number of rotatable bonds is 6. The largest absolute Gasteiger partial charge is 0.375 e. The molecule has 16 heavy (non-hydrogen) atoms. The van der Waals surface area contributed by atoms with E-state index in [1.54, 1.807) is 6.20 Å². The van der Waals surface area contributed by atoms with Crippen LogP contribution in [0.15, 0.2) is 33.4 Å². The van der Waals surface area contributed by atoms with E-state index >= 15 is 0 Å². The number of halogens is 2. The summed E-state index contributed by atoms with van der Waals surface area (Å²) in [5.41, 5.74) is 1.03. The molecule has 0 aromatic carbocycles. The molecule has 0 atom stereocenters. The maximum Gasteiger partial charge on any atom is 0.140 e. The number of ether oxygens (including phenoxy) is 1. The van der Waals surface area contributed by atoms with Gasteiger partial charge in [-0.15, -0.1) is 0 Å². The Labute approximate surface area is 113 Å². The maximum absolute atomic E-state index is 5.37. The Morgan fingerprint density at radius 3 is 2.94 bits per heavy atom. The number of anilines is 1. The molecular weight excluding hydrogens is 336 g/mol. The highest BCUT2D eigenvalue weighted by Gasteiger charge is 2.00. The zero-order valence-electron chi connectivity index (χ0n) is 9.09. The quantitative estimate of drug-likeness (QED) is 0.629. The summed E-state index contributed by atoms with van der Waals surface area (Å²) >= 11 is 6.78. The van der Waals surface area contributed by atoms with Gasteiger partial charge in [-0.1, -0.05) is 12.2 Å². The van der Waals surface area contributed by atoms with Crippen LogP contribution in [0.25, 0.3) is 0 Å². The minimum absolute atomic E-state index is 0.608. The van der Waals surface area contributed by atoms with Gasteiger partial charge in [0.2, 0.25) is 0 Å². The standard InChI is InChI=1S/C11H14Br2N2O/c1-8(2)7-16-4-3-14-11-10(13)5-9(12)6-15-11/h5-6H,1,3-4,7H2,2H3,(H,14,15). The molecule has 88 valence electrons. The molecular formula is C11H14Br2N2O. The minimum atomic E-state index is 0.608. The summed E-state index contributed by atoms with van der Waals surface area (Å²) in [5.74, 6) is 0.821. The fourth-order valence-electron chi connectivity index (χ4n) is 1.03. The third-order valence-corrected chi connectivity index (χ3v) is 2.73. The van der Waals surface area contributed by atoms with Gasteiger partial charge >= 0.3 is 0 Å². The lowest BCUT2D eigenvalue weighted by Crippen LogP contribution is -2.11. The van der Waals surface area contributed by atoms with Crippen LogP contribution in [0, 0.1) is 0 Å². The van der Waals surface area contributed by atoms with Crippen LogP contribution in [-0.2, 0) is 4.74 Å². The highest BCUT2D eigenvalue weighted by Crippen LogP contribution is 2.22. The van der Waals surface area contributed by atoms with Crippen molar-refractivity contribution in [3.8, 4) is 0 Å². The van der Waals surface area contributed by atoms with Crippen LogP contribution in [-0.4, -0.2) is 24.7 Å². The third kappa shape index (κ3) is 5.09. The Morgan fingerprint density at radius 1 is 1.56 bits per heavy atom. The molecule has 0 aliphatic carbocycles. The van der Waals surface area contributed by atoms with Crippen molar-refractivity contribution in [2.24, 2.45) is 0 Å². The van der Waals surface area contributed by atoms with Crippen LogP contribution in [0.1, 0.15) is 6.92 Å². The lowest BCUT2D eigenvalue weighted by Gasteiger charge is -2.08. The lowest BCUT2D eigenvalue weighted by molar-refractivity contribution is 0.167. The molecule has 0 saturated carbocycles. The molecule has 0 fully saturated rings. The van der Waals surface area contributed by atoms with E-state index < -0.39 is 0 Å². The van der Waals surface area contributed by atoms with Crippen molar-refractivity contribution in [2.75, 3.05) is 25.1 Å². The highest BCUT2D eigenvalue weighted by atomic mass is 79.9. The average Bonchev–Trinajstić information content (AvgIpc) is 2.20. The first-order valence-corrected chi connectivity index (χ1v) is 6.45. The summed E-state index contributed by atoms with van der Waals surface area (Å²) in [5, 5.41) is 3.18. The summed E-state index contributed by atoms with van der Waals surface area (Å²) < 4.78 is 7.25. The van der Waals surface area contributed by atoms with Crippen molar-refractivity contribution in [1.29, 1.82) is 0 Å². The van der Waals surface area contributed by atoms with Crippen LogP contribution >= 0.6 is 31.9 Å². The Balaban J connectivity index is 2.29. The number of aromatic nitrogens is 1. The molecule has 1 aromatic heterocycles. The first-order chi connectivity index (χ1) is 7.59. The number of pyridine rings is 1. The van der Waals surface area contributed by atoms with Crippen molar-refractivity contribution in [3.63, 3.8) is 0 Å². The fourth-order valence-corrected chi connectivity index (χ4v) is 2.16. The first kappa shape index (κ1) is 13.7. The Bertz CT molecular complexity index is 369. The molecule has 0 bridgehead atoms. The van der Waals surface area contributed by atoms with Crippen molar-refractivity contribution in [3.05, 3.63) is 33.4 Å². The molecule has 0 radical (unpaired) electrons. The third-order valence-electron chi connectivity index (χ3n) is 1.70. The Kier molecular flexibility index (Phi) is 6.01. The van der Waals surface area contributed by atoms with E-state index in [0.717, 1.165) is 26.9 Å². The minimum Gasteiger partial charge on any atom is -0.375 e. The molecule has 1 rings (SSSR count). The van der Waals surface area contributed by atoms with E-state index in [4.69, 9.17) is 4.74 Å². The van der Waals surface area contributed by atoms with Gasteiger partial charge in [-0.05, 0) is 44.8 Å². The summed E-state index contributed by atoms with van der Waals surface area (Å²) in [6, 6.07) is 1.95. The predicted octanol–water partition coefficient (Wildman–Crippen LogP) is 3.61. The van der Waals surface area contributed by atoms with E-state index in [1.165, 1.54) is 0 Å². The molecule has 0 amide bonds. The van der Waals surface area contributed by atoms with Crippen molar-refractivity contribution in [1.82, 2.24) is 4.98 Å². The zero-order valence-corrected chi connectivity index (χ0v) is 12.3. The summed E-state index contributed by atoms with van der Waals surface area (Å²) in [6.45, 7) is 7.68. The van der Waals surface area contributed by atoms with Crippen molar-refractivity contribution < 1.29 is 4.74 Å². The summed E-state index contributed by atoms with van der Waals surface area (Å²) in [6.07, 6.45) is 1.75. The van der Waals surface area contributed by atoms with Gasteiger partial charge in [0.15, 0.2) is 0 Å². The van der Waals surface area contributed by atoms with Gasteiger partial charge in [0.1, 0.15) is 5.82 Å². The second-order valence-corrected chi connectivity index (χ2v) is 5.19. The zero-order chi connectivity index (χ0) is 12.0. The topological polar surface area (TPSA) is 34.1 Å². The Hall–Kier alpha value is -0.390. The van der Waals surface area contributed by atoms with E-state index in [1.807, 2.05) is 13.0 Å². The molecule has 0 aliphatic rings. The molecule has 3 nitrogen and oxygen atoms in total. The van der Waals surface area contributed by atoms with Gasteiger partial charge in [-0.2, -0.15) is 0 Å². The van der Waals surface area contributed by atoms with Gasteiger partial charge in [-0.3, -0.25) is 0 Å². The molecule has 1 heterocycles. The lowest BCUT2D eigenvalue weighted by atomic mass is 10.4. The average molecular weight is 350 g/mol. The molecule has 0 spiro atoms. The summed E-state index contributed by atoms with van der Waals surface area (Å²) in [4.78, 5) is 4.23. The van der Waals surface area contributed by atoms with Crippen LogP contribution < -0.4 is 5.32 Å². The maximum atomic E-state index is 5.37. The van der Waals surface area contributed by atoms with Crippen molar-refractivity contribution in [2.45, 2.75) is 6.92 Å². The normalized spacial score (nSPS) is 10.2. The second kappa shape index (κ2) is 7.04. The molecule has 1 aromatic rings. The molecule has 0 aliphatic heterocycles. The van der Waals surface area contributed by atoms with Gasteiger partial charge in [0.05, 0.1) is 17.7 Å². The van der Waals surface area contributed by atoms with Gasteiger partial charge in [0.25, 0.3) is 0 Å². The highest BCUT2D eigenvalue weighted by molar-refractivity contribution is 9.11. The molecule has 0 unspecified atom stereocenters. The molecule has 5 heteroatoms. The van der Waals surface area contributed by atoms with Gasteiger partial charge < -0.3 is 10.1 Å². The van der Waals surface area contributed by atoms with Crippen LogP contribution in [0.4, 0.5) is 5.82 Å². The fraction of sp³-hybridized carbons (Fsp3) is 0.364. The predicted molar refractivity (Wildman–Crippen MR) is 73.8 cm³/mol. The number of nitrogens with zero attached hydrogens (tertiary/aromatic N) is 1. The second-order valence-electron chi connectivity index (χ2n) is 3.42. The Morgan fingerprint density at radius 2 is 2.31 bits per heavy atom. The van der Waals surface area contributed by atoms with Crippen LogP contribution in [0.2, 0.25) is 0 Å². The number of nitrogens with one attached hydrogen (secondary N) is 1. The smallest absolute Gasteiger partial charge is 0.140 e. The monoisotopic (exact) mass is 348 g/mol. The van der Waals surface area contributed by atoms with E-state index in [0.29, 0.717) is 13.2 Å². The van der Waals surface area contributed by atoms with E-state index in [2.05, 4.69) is 48.7 Å². The molecule has 0 saturated heterocycles. The van der Waals surface area contributed by atoms with E-state index in [-0.39, 0.29) is 0 Å². The van der Waals surface area contributed by atoms with Gasteiger partial charge in [0, 0.05) is 17.2 Å². The number of hydrogen-bond acceptors (Lipinski definition) is 3.